The Morgan fingerprint density at radius 1 is 1.53 bits per heavy atom. The van der Waals surface area contributed by atoms with E-state index in [1.807, 2.05) is 20.8 Å². The summed E-state index contributed by atoms with van der Waals surface area (Å²) in [5, 5.41) is 9.06. The zero-order valence-electron chi connectivity index (χ0n) is 11.6. The molecule has 4 nitrogen and oxygen atoms in total. The topological polar surface area (TPSA) is 49.8 Å². The Morgan fingerprint density at radius 3 is 2.53 bits per heavy atom. The molecule has 0 radical (unpaired) electrons. The molecule has 0 aromatic carbocycles. The second kappa shape index (κ2) is 4.84. The molecular formula is C13H25NO3. The number of aliphatic hydroxyl groups is 1. The highest BCUT2D eigenvalue weighted by Crippen LogP contribution is 2.54. The van der Waals surface area contributed by atoms with E-state index in [0.717, 1.165) is 12.8 Å². The Labute approximate surface area is 104 Å². The Bertz CT molecular complexity index is 285. The molecule has 17 heavy (non-hydrogen) atoms. The van der Waals surface area contributed by atoms with E-state index in [1.165, 1.54) is 0 Å². The lowest BCUT2D eigenvalue weighted by atomic mass is 10.0. The summed E-state index contributed by atoms with van der Waals surface area (Å²) in [5.74, 6) is 0.412. The van der Waals surface area contributed by atoms with Gasteiger partial charge in [-0.15, -0.1) is 0 Å². The average molecular weight is 243 g/mol. The molecule has 0 aliphatic heterocycles. The van der Waals surface area contributed by atoms with Gasteiger partial charge in [-0.3, -0.25) is 0 Å². The van der Waals surface area contributed by atoms with Crippen LogP contribution in [0, 0.1) is 11.3 Å². The number of rotatable bonds is 4. The number of carbonyl (C=O) groups is 1. The quantitative estimate of drug-likeness (QED) is 0.824. The summed E-state index contributed by atoms with van der Waals surface area (Å²) in [4.78, 5) is 13.3. The summed E-state index contributed by atoms with van der Waals surface area (Å²) >= 11 is 0. The molecule has 100 valence electrons. The Hall–Kier alpha value is -0.770. The highest BCUT2D eigenvalue weighted by molar-refractivity contribution is 5.67. The van der Waals surface area contributed by atoms with Crippen LogP contribution in [0.1, 0.15) is 40.5 Å². The predicted octanol–water partition coefficient (Wildman–Crippen LogP) is 2.26. The molecule has 1 amide bonds. The van der Waals surface area contributed by atoms with Crippen molar-refractivity contribution in [3.8, 4) is 0 Å². The van der Waals surface area contributed by atoms with Gasteiger partial charge >= 0.3 is 6.09 Å². The normalized spacial score (nSPS) is 27.8. The minimum absolute atomic E-state index is 0.213. The molecule has 2 atom stereocenters. The van der Waals surface area contributed by atoms with Gasteiger partial charge in [-0.05, 0) is 44.9 Å². The van der Waals surface area contributed by atoms with Crippen LogP contribution in [0.15, 0.2) is 0 Å². The summed E-state index contributed by atoms with van der Waals surface area (Å²) in [5.41, 5.74) is -0.229. The van der Waals surface area contributed by atoms with Gasteiger partial charge in [-0.25, -0.2) is 4.79 Å². The van der Waals surface area contributed by atoms with E-state index >= 15 is 0 Å². The summed E-state index contributed by atoms with van der Waals surface area (Å²) in [7, 11) is 1.76. The highest BCUT2D eigenvalue weighted by Gasteiger charge is 2.48. The molecule has 4 heteroatoms. The molecule has 1 rings (SSSR count). The second-order valence-electron chi connectivity index (χ2n) is 6.39. The standard InChI is InChI=1S/C13H25NO3/c1-12(2,3)17-11(16)14(5)7-6-13(4)8-10(13)9-15/h10,15H,6-9H2,1-5H3. The van der Waals surface area contributed by atoms with Crippen molar-refractivity contribution in [1.82, 2.24) is 4.90 Å². The minimum Gasteiger partial charge on any atom is -0.444 e. The zero-order chi connectivity index (χ0) is 13.3. The van der Waals surface area contributed by atoms with Gasteiger partial charge in [0.15, 0.2) is 0 Å². The van der Waals surface area contributed by atoms with Gasteiger partial charge < -0.3 is 14.7 Å². The number of ether oxygens (including phenoxy) is 1. The van der Waals surface area contributed by atoms with Crippen LogP contribution in [0.4, 0.5) is 4.79 Å². The second-order valence-corrected chi connectivity index (χ2v) is 6.39. The molecule has 0 bridgehead atoms. The van der Waals surface area contributed by atoms with Crippen LogP contribution in [0.2, 0.25) is 0 Å². The number of hydrogen-bond donors (Lipinski definition) is 1. The number of aliphatic hydroxyl groups excluding tert-OH is 1. The molecule has 1 fully saturated rings. The third-order valence-corrected chi connectivity index (χ3v) is 3.48. The molecule has 0 heterocycles. The summed E-state index contributed by atoms with van der Waals surface area (Å²) < 4.78 is 5.28. The molecule has 2 unspecified atom stereocenters. The maximum atomic E-state index is 11.7. The summed E-state index contributed by atoms with van der Waals surface area (Å²) in [6.07, 6.45) is 1.71. The Balaban J connectivity index is 2.30. The van der Waals surface area contributed by atoms with Crippen molar-refractivity contribution in [2.45, 2.75) is 46.1 Å². The highest BCUT2D eigenvalue weighted by atomic mass is 16.6. The first-order valence-electron chi connectivity index (χ1n) is 6.23. The van der Waals surface area contributed by atoms with Crippen LogP contribution >= 0.6 is 0 Å². The van der Waals surface area contributed by atoms with E-state index < -0.39 is 5.60 Å². The van der Waals surface area contributed by atoms with Crippen LogP contribution in [0.5, 0.6) is 0 Å². The number of amides is 1. The van der Waals surface area contributed by atoms with Crippen molar-refractivity contribution < 1.29 is 14.6 Å². The third kappa shape index (κ3) is 4.19. The van der Waals surface area contributed by atoms with Gasteiger partial charge in [0.05, 0.1) is 0 Å². The maximum Gasteiger partial charge on any atom is 0.410 e. The van der Waals surface area contributed by atoms with E-state index in [4.69, 9.17) is 9.84 Å². The fourth-order valence-corrected chi connectivity index (χ4v) is 1.95. The van der Waals surface area contributed by atoms with Crippen molar-refractivity contribution in [3.05, 3.63) is 0 Å². The summed E-state index contributed by atoms with van der Waals surface area (Å²) in [6, 6.07) is 0. The fraction of sp³-hybridized carbons (Fsp3) is 0.923. The van der Waals surface area contributed by atoms with Crippen molar-refractivity contribution in [2.75, 3.05) is 20.2 Å². The molecule has 1 aliphatic carbocycles. The van der Waals surface area contributed by atoms with Crippen molar-refractivity contribution in [3.63, 3.8) is 0 Å². The predicted molar refractivity (Wildman–Crippen MR) is 66.8 cm³/mol. The van der Waals surface area contributed by atoms with Gasteiger partial charge in [0.2, 0.25) is 0 Å². The van der Waals surface area contributed by atoms with E-state index in [1.54, 1.807) is 11.9 Å². The van der Waals surface area contributed by atoms with E-state index in [2.05, 4.69) is 6.92 Å². The van der Waals surface area contributed by atoms with Gasteiger partial charge in [-0.2, -0.15) is 0 Å². The number of carbonyl (C=O) groups excluding carboxylic acids is 1. The molecule has 0 aromatic heterocycles. The molecule has 0 saturated heterocycles. The van der Waals surface area contributed by atoms with Crippen LogP contribution < -0.4 is 0 Å². The van der Waals surface area contributed by atoms with Crippen LogP contribution in [0.3, 0.4) is 0 Å². The summed E-state index contributed by atoms with van der Waals surface area (Å²) in [6.45, 7) is 8.69. The van der Waals surface area contributed by atoms with Crippen LogP contribution in [-0.2, 0) is 4.74 Å². The largest absolute Gasteiger partial charge is 0.444 e. The van der Waals surface area contributed by atoms with Crippen molar-refractivity contribution in [1.29, 1.82) is 0 Å². The lowest BCUT2D eigenvalue weighted by molar-refractivity contribution is 0.0288. The van der Waals surface area contributed by atoms with Crippen LogP contribution in [0.25, 0.3) is 0 Å². The average Bonchev–Trinajstić information content (AvgIpc) is 2.84. The first kappa shape index (κ1) is 14.3. The van der Waals surface area contributed by atoms with Gasteiger partial charge in [-0.1, -0.05) is 6.92 Å². The van der Waals surface area contributed by atoms with E-state index in [9.17, 15) is 4.79 Å². The zero-order valence-corrected chi connectivity index (χ0v) is 11.6. The molecule has 0 spiro atoms. The van der Waals surface area contributed by atoms with Crippen LogP contribution in [-0.4, -0.2) is 41.9 Å². The first-order valence-corrected chi connectivity index (χ1v) is 6.23. The molecule has 0 aromatic rings. The molecular weight excluding hydrogens is 218 g/mol. The smallest absolute Gasteiger partial charge is 0.410 e. The first-order chi connectivity index (χ1) is 7.68. The van der Waals surface area contributed by atoms with Gasteiger partial charge in [0.1, 0.15) is 5.60 Å². The van der Waals surface area contributed by atoms with E-state index in [0.29, 0.717) is 12.5 Å². The fourth-order valence-electron chi connectivity index (χ4n) is 1.95. The third-order valence-electron chi connectivity index (χ3n) is 3.48. The molecule has 1 aliphatic rings. The monoisotopic (exact) mass is 243 g/mol. The molecule has 1 N–H and O–H groups in total. The van der Waals surface area contributed by atoms with Crippen molar-refractivity contribution in [2.24, 2.45) is 11.3 Å². The number of nitrogens with zero attached hydrogens (tertiary/aromatic N) is 1. The Kier molecular flexibility index (Phi) is 4.07. The Morgan fingerprint density at radius 2 is 2.12 bits per heavy atom. The van der Waals surface area contributed by atoms with E-state index in [-0.39, 0.29) is 18.1 Å². The lowest BCUT2D eigenvalue weighted by Crippen LogP contribution is -2.35. The maximum absolute atomic E-state index is 11.7. The SMILES string of the molecule is CN(CCC1(C)CC1CO)C(=O)OC(C)(C)C. The van der Waals surface area contributed by atoms with Crippen molar-refractivity contribution >= 4 is 6.09 Å². The van der Waals surface area contributed by atoms with Gasteiger partial charge in [0, 0.05) is 20.2 Å². The molecule has 1 saturated carbocycles. The lowest BCUT2D eigenvalue weighted by Gasteiger charge is -2.25. The minimum atomic E-state index is -0.442. The van der Waals surface area contributed by atoms with Gasteiger partial charge in [0.25, 0.3) is 0 Å². The number of hydrogen-bond acceptors (Lipinski definition) is 3.